The smallest absolute Gasteiger partial charge is 0.0404 e. The number of unbranched alkanes of at least 4 members (excludes halogenated alkanes) is 3. The molecule has 0 saturated carbocycles. The Morgan fingerprint density at radius 1 is 0.933 bits per heavy atom. The van der Waals surface area contributed by atoms with Crippen LogP contribution in [0.3, 0.4) is 0 Å². The van der Waals surface area contributed by atoms with E-state index in [1.54, 1.807) is 6.08 Å². The minimum absolute atomic E-state index is 1.02. The van der Waals surface area contributed by atoms with Gasteiger partial charge in [-0.3, -0.25) is 0 Å². The largest absolute Gasteiger partial charge is 0.100 e. The summed E-state index contributed by atoms with van der Waals surface area (Å²) in [6, 6.07) is 0. The molecule has 0 heteroatoms. The molecule has 0 spiro atoms. The lowest BCUT2D eigenvalue weighted by atomic mass is 10.2. The maximum atomic E-state index is 3.56. The molecule has 15 heavy (non-hydrogen) atoms. The Balaban J connectivity index is -0.000000147. The Morgan fingerprint density at radius 3 is 1.20 bits per heavy atom. The van der Waals surface area contributed by atoms with Gasteiger partial charge in [-0.15, -0.1) is 6.58 Å². The van der Waals surface area contributed by atoms with Crippen molar-refractivity contribution in [1.29, 1.82) is 0 Å². The molecule has 0 nitrogen and oxygen atoms in total. The first kappa shape index (κ1) is 19.7. The van der Waals surface area contributed by atoms with Crippen molar-refractivity contribution in [2.24, 2.45) is 0 Å². The molecule has 0 unspecified atom stereocenters. The monoisotopic (exact) mass is 210 g/mol. The van der Waals surface area contributed by atoms with Gasteiger partial charge in [0.2, 0.25) is 0 Å². The van der Waals surface area contributed by atoms with Crippen LogP contribution in [-0.2, 0) is 0 Å². The standard InChI is InChI=1S/C6H14.C5H8.C4H8/c1-3-5-6-4-2;1-4-5(2)3;1-4(2)3/h3-6H2,1-2H3;4H,1-2H2,3H3;1H2,2-3H3. The summed E-state index contributed by atoms with van der Waals surface area (Å²) < 4.78 is 0. The molecule has 90 valence electrons. The van der Waals surface area contributed by atoms with Crippen LogP contribution in [0.5, 0.6) is 0 Å². The molecule has 0 bridgehead atoms. The Morgan fingerprint density at radius 2 is 1.13 bits per heavy atom. The van der Waals surface area contributed by atoms with Gasteiger partial charge in [0.05, 0.1) is 0 Å². The predicted octanol–water partition coefficient (Wildman–Crippen LogP) is 5.92. The average molecular weight is 210 g/mol. The number of rotatable bonds is 4. The van der Waals surface area contributed by atoms with Crippen LogP contribution in [0.1, 0.15) is 60.3 Å². The van der Waals surface area contributed by atoms with E-state index < -0.39 is 0 Å². The van der Waals surface area contributed by atoms with Crippen LogP contribution in [0.2, 0.25) is 0 Å². The normalized spacial score (nSPS) is 7.53. The van der Waals surface area contributed by atoms with Crippen molar-refractivity contribution >= 4 is 0 Å². The van der Waals surface area contributed by atoms with Gasteiger partial charge < -0.3 is 0 Å². The van der Waals surface area contributed by atoms with Crippen LogP contribution < -0.4 is 0 Å². The van der Waals surface area contributed by atoms with Crippen LogP contribution in [0.4, 0.5) is 0 Å². The minimum atomic E-state index is 1.02. The third-order valence-electron chi connectivity index (χ3n) is 1.31. The number of allylic oxidation sites excluding steroid dienone is 3. The zero-order chi connectivity index (χ0) is 12.7. The van der Waals surface area contributed by atoms with Gasteiger partial charge in [0.15, 0.2) is 0 Å². The topological polar surface area (TPSA) is 0 Å². The zero-order valence-electron chi connectivity index (χ0n) is 11.5. The van der Waals surface area contributed by atoms with Crippen molar-refractivity contribution in [3.05, 3.63) is 37.0 Å². The molecule has 0 rings (SSSR count). The molecule has 0 aromatic carbocycles. The van der Waals surface area contributed by atoms with Crippen LogP contribution >= 0.6 is 0 Å². The molecule has 0 aliphatic heterocycles. The van der Waals surface area contributed by atoms with Gasteiger partial charge in [0.1, 0.15) is 0 Å². The Hall–Kier alpha value is -0.780. The molecular weight excluding hydrogens is 180 g/mol. The van der Waals surface area contributed by atoms with E-state index in [1.807, 2.05) is 20.8 Å². The molecule has 0 aromatic rings. The van der Waals surface area contributed by atoms with E-state index in [2.05, 4.69) is 33.6 Å². The lowest BCUT2D eigenvalue weighted by Crippen LogP contribution is -1.66. The summed E-state index contributed by atoms with van der Waals surface area (Å²) in [4.78, 5) is 0. The first-order valence-electron chi connectivity index (χ1n) is 5.82. The van der Waals surface area contributed by atoms with Crippen LogP contribution in [0.25, 0.3) is 0 Å². The van der Waals surface area contributed by atoms with Gasteiger partial charge in [-0.05, 0) is 20.8 Å². The molecule has 0 N–H and O–H groups in total. The third-order valence-corrected chi connectivity index (χ3v) is 1.31. The predicted molar refractivity (Wildman–Crippen MR) is 75.3 cm³/mol. The molecular formula is C15H30. The summed E-state index contributed by atoms with van der Waals surface area (Å²) in [5.41, 5.74) is 2.19. The Bertz CT molecular complexity index is 143. The van der Waals surface area contributed by atoms with Gasteiger partial charge in [-0.1, -0.05) is 69.9 Å². The third kappa shape index (κ3) is 93.5. The summed E-state index contributed by atoms with van der Waals surface area (Å²) in [6.45, 7) is 20.9. The highest BCUT2D eigenvalue weighted by Gasteiger charge is 1.75. The van der Waals surface area contributed by atoms with Gasteiger partial charge in [-0.2, -0.15) is 0 Å². The maximum Gasteiger partial charge on any atom is -0.0404 e. The molecule has 0 heterocycles. The van der Waals surface area contributed by atoms with Crippen molar-refractivity contribution in [2.75, 3.05) is 0 Å². The lowest BCUT2D eigenvalue weighted by molar-refractivity contribution is 0.702. The fourth-order valence-corrected chi connectivity index (χ4v) is 0.500. The molecule has 0 aromatic heterocycles. The van der Waals surface area contributed by atoms with E-state index in [-0.39, 0.29) is 0 Å². The highest BCUT2D eigenvalue weighted by Crippen LogP contribution is 1.95. The lowest BCUT2D eigenvalue weighted by Gasteiger charge is -1.86. The zero-order valence-corrected chi connectivity index (χ0v) is 11.5. The van der Waals surface area contributed by atoms with Crippen molar-refractivity contribution in [1.82, 2.24) is 0 Å². The minimum Gasteiger partial charge on any atom is -0.100 e. The summed E-state index contributed by atoms with van der Waals surface area (Å²) in [5, 5.41) is 0. The second-order valence-corrected chi connectivity index (χ2v) is 3.96. The van der Waals surface area contributed by atoms with E-state index >= 15 is 0 Å². The van der Waals surface area contributed by atoms with Gasteiger partial charge in [0, 0.05) is 0 Å². The van der Waals surface area contributed by atoms with Crippen LogP contribution in [0.15, 0.2) is 37.0 Å². The van der Waals surface area contributed by atoms with Crippen molar-refractivity contribution in [3.8, 4) is 0 Å². The summed E-state index contributed by atoms with van der Waals surface area (Å²) >= 11 is 0. The van der Waals surface area contributed by atoms with Crippen LogP contribution in [-0.4, -0.2) is 0 Å². The van der Waals surface area contributed by atoms with E-state index in [9.17, 15) is 0 Å². The first-order chi connectivity index (χ1) is 6.92. The number of hydrogen-bond donors (Lipinski definition) is 0. The quantitative estimate of drug-likeness (QED) is 0.307. The van der Waals surface area contributed by atoms with Gasteiger partial charge in [0.25, 0.3) is 0 Å². The SMILES string of the molecule is C=C(C)C.C=CC(=C)C.CCCCCC. The maximum absolute atomic E-state index is 3.56. The average Bonchev–Trinajstić information content (AvgIpc) is 2.14. The highest BCUT2D eigenvalue weighted by atomic mass is 13.8. The first-order valence-corrected chi connectivity index (χ1v) is 5.82. The van der Waals surface area contributed by atoms with Crippen molar-refractivity contribution in [2.45, 2.75) is 60.3 Å². The summed E-state index contributed by atoms with van der Waals surface area (Å²) in [6.07, 6.45) is 7.26. The van der Waals surface area contributed by atoms with E-state index in [1.165, 1.54) is 31.3 Å². The molecule has 0 atom stereocenters. The van der Waals surface area contributed by atoms with E-state index in [0.29, 0.717) is 0 Å². The Kier molecular flexibility index (Phi) is 24.9. The molecule has 0 aliphatic carbocycles. The van der Waals surface area contributed by atoms with Crippen molar-refractivity contribution < 1.29 is 0 Å². The van der Waals surface area contributed by atoms with Gasteiger partial charge >= 0.3 is 0 Å². The summed E-state index contributed by atoms with van der Waals surface area (Å²) in [7, 11) is 0. The molecule has 0 saturated heterocycles. The highest BCUT2D eigenvalue weighted by molar-refractivity contribution is 5.05. The fraction of sp³-hybridized carbons (Fsp3) is 0.600. The molecule has 0 fully saturated rings. The van der Waals surface area contributed by atoms with E-state index in [4.69, 9.17) is 0 Å². The van der Waals surface area contributed by atoms with Gasteiger partial charge in [-0.25, -0.2) is 0 Å². The fourth-order valence-electron chi connectivity index (χ4n) is 0.500. The van der Waals surface area contributed by atoms with E-state index in [0.717, 1.165) is 5.57 Å². The summed E-state index contributed by atoms with van der Waals surface area (Å²) in [5.74, 6) is 0. The second-order valence-electron chi connectivity index (χ2n) is 3.96. The molecule has 0 aliphatic rings. The number of hydrogen-bond acceptors (Lipinski definition) is 0. The molecule has 0 radical (unpaired) electrons. The molecule has 0 amide bonds. The second kappa shape index (κ2) is 18.9. The van der Waals surface area contributed by atoms with Crippen LogP contribution in [0, 0.1) is 0 Å². The Labute approximate surface area is 97.8 Å². The van der Waals surface area contributed by atoms with Crippen molar-refractivity contribution in [3.63, 3.8) is 0 Å².